The summed E-state index contributed by atoms with van der Waals surface area (Å²) in [6.07, 6.45) is 2.62. The van der Waals surface area contributed by atoms with Gasteiger partial charge in [-0.25, -0.2) is 17.2 Å². The van der Waals surface area contributed by atoms with Crippen molar-refractivity contribution >= 4 is 33.8 Å². The molecule has 4 atom stereocenters. The van der Waals surface area contributed by atoms with Crippen LogP contribution in [0.2, 0.25) is 5.02 Å². The van der Waals surface area contributed by atoms with Gasteiger partial charge in [0.2, 0.25) is 0 Å². The number of halogens is 4. The topological polar surface area (TPSA) is 64.6 Å². The predicted molar refractivity (Wildman–Crippen MR) is 138 cm³/mol. The van der Waals surface area contributed by atoms with E-state index in [1.807, 2.05) is 12.1 Å². The van der Waals surface area contributed by atoms with Crippen molar-refractivity contribution in [1.29, 1.82) is 0 Å². The molecule has 0 radical (unpaired) electrons. The van der Waals surface area contributed by atoms with E-state index in [0.29, 0.717) is 24.5 Å². The van der Waals surface area contributed by atoms with Gasteiger partial charge in [0.25, 0.3) is 0 Å². The fraction of sp³-hybridized carbons (Fsp3) is 0.538. The van der Waals surface area contributed by atoms with E-state index in [1.165, 1.54) is 0 Å². The average molecular weight is 563 g/mol. The lowest BCUT2D eigenvalue weighted by molar-refractivity contribution is -0.0963. The molecule has 0 unspecified atom stereocenters. The molecule has 3 aliphatic rings. The van der Waals surface area contributed by atoms with E-state index in [-0.39, 0.29) is 60.2 Å². The molecule has 0 aromatic heterocycles. The van der Waals surface area contributed by atoms with E-state index in [0.717, 1.165) is 37.1 Å². The van der Waals surface area contributed by atoms with E-state index in [1.54, 1.807) is 12.1 Å². The van der Waals surface area contributed by atoms with Crippen LogP contribution in [-0.2, 0) is 26.4 Å². The Kier molecular flexibility index (Phi) is 8.52. The number of fused-ring (bicyclic) bond motifs is 3. The van der Waals surface area contributed by atoms with Crippen molar-refractivity contribution in [3.63, 3.8) is 0 Å². The van der Waals surface area contributed by atoms with Crippen molar-refractivity contribution < 1.29 is 26.7 Å². The molecular formula is C26H31Cl2F2NO4S. The Labute approximate surface area is 222 Å². The smallest absolute Gasteiger partial charge is 0.165 e. The van der Waals surface area contributed by atoms with Gasteiger partial charge in [-0.15, -0.1) is 12.4 Å². The number of rotatable bonds is 7. The maximum Gasteiger partial charge on any atom is 0.165 e. The SMILES string of the molecule is Cl.O=S(=O)(CC[C@@H]1OCC[C@@]2(Cc3ccc(Cl)cc3)c3c(F)ccc(F)c3OC[C@@H]12)C[C@@H]1CCCN1. The third-order valence-electron chi connectivity index (χ3n) is 7.77. The average Bonchev–Trinajstić information content (AvgIpc) is 3.33. The Morgan fingerprint density at radius 1 is 1.11 bits per heavy atom. The Morgan fingerprint density at radius 3 is 2.58 bits per heavy atom. The van der Waals surface area contributed by atoms with E-state index < -0.39 is 33.0 Å². The summed E-state index contributed by atoms with van der Waals surface area (Å²) in [5, 5.41) is 3.84. The first-order valence-corrected chi connectivity index (χ1v) is 14.4. The summed E-state index contributed by atoms with van der Waals surface area (Å²) in [5.74, 6) is -1.38. The summed E-state index contributed by atoms with van der Waals surface area (Å²) in [4.78, 5) is 0. The third kappa shape index (κ3) is 5.53. The number of benzene rings is 2. The molecule has 5 rings (SSSR count). The highest BCUT2D eigenvalue weighted by molar-refractivity contribution is 7.91. The van der Waals surface area contributed by atoms with Crippen molar-refractivity contribution in [2.24, 2.45) is 5.92 Å². The molecule has 3 aliphatic heterocycles. The first-order chi connectivity index (χ1) is 16.8. The summed E-state index contributed by atoms with van der Waals surface area (Å²) in [6, 6.07) is 9.58. The molecule has 5 nitrogen and oxygen atoms in total. The minimum atomic E-state index is -3.29. The van der Waals surface area contributed by atoms with Crippen molar-refractivity contribution in [3.8, 4) is 5.75 Å². The highest BCUT2D eigenvalue weighted by atomic mass is 35.5. The van der Waals surface area contributed by atoms with Crippen LogP contribution in [0, 0.1) is 17.6 Å². The highest BCUT2D eigenvalue weighted by Gasteiger charge is 2.53. The Hall–Kier alpha value is -1.45. The molecule has 2 aromatic rings. The van der Waals surface area contributed by atoms with Crippen molar-refractivity contribution in [3.05, 3.63) is 64.2 Å². The first-order valence-electron chi connectivity index (χ1n) is 12.2. The number of hydrogen-bond donors (Lipinski definition) is 1. The van der Waals surface area contributed by atoms with E-state index >= 15 is 4.39 Å². The number of sulfone groups is 1. The lowest BCUT2D eigenvalue weighted by atomic mass is 9.60. The lowest BCUT2D eigenvalue weighted by Gasteiger charge is -2.51. The maximum absolute atomic E-state index is 15.4. The summed E-state index contributed by atoms with van der Waals surface area (Å²) in [6.45, 7) is 1.31. The summed E-state index contributed by atoms with van der Waals surface area (Å²) < 4.78 is 67.6. The molecule has 0 aliphatic carbocycles. The van der Waals surface area contributed by atoms with Crippen LogP contribution in [0.15, 0.2) is 36.4 Å². The van der Waals surface area contributed by atoms with Gasteiger partial charge in [0.1, 0.15) is 5.82 Å². The molecule has 198 valence electrons. The first kappa shape index (κ1) is 27.6. The molecule has 2 fully saturated rings. The molecule has 3 heterocycles. The molecule has 0 bridgehead atoms. The van der Waals surface area contributed by atoms with Crippen molar-refractivity contribution in [2.75, 3.05) is 31.3 Å². The maximum atomic E-state index is 15.4. The molecule has 2 aromatic carbocycles. The van der Waals surface area contributed by atoms with Gasteiger partial charge in [-0.2, -0.15) is 0 Å². The van der Waals surface area contributed by atoms with Gasteiger partial charge in [-0.1, -0.05) is 23.7 Å². The lowest BCUT2D eigenvalue weighted by Crippen LogP contribution is -2.55. The largest absolute Gasteiger partial charge is 0.490 e. The third-order valence-corrected chi connectivity index (χ3v) is 9.79. The van der Waals surface area contributed by atoms with Crippen LogP contribution in [0.25, 0.3) is 0 Å². The van der Waals surface area contributed by atoms with Gasteiger partial charge < -0.3 is 14.8 Å². The minimum absolute atomic E-state index is 0. The summed E-state index contributed by atoms with van der Waals surface area (Å²) in [7, 11) is -3.29. The second-order valence-electron chi connectivity index (χ2n) is 9.97. The molecule has 36 heavy (non-hydrogen) atoms. The van der Waals surface area contributed by atoms with E-state index in [4.69, 9.17) is 21.1 Å². The van der Waals surface area contributed by atoms with Crippen LogP contribution >= 0.6 is 24.0 Å². The second kappa shape index (κ2) is 11.1. The molecule has 2 saturated heterocycles. The van der Waals surface area contributed by atoms with Crippen LogP contribution in [0.3, 0.4) is 0 Å². The Morgan fingerprint density at radius 2 is 1.86 bits per heavy atom. The van der Waals surface area contributed by atoms with Crippen LogP contribution in [0.4, 0.5) is 8.78 Å². The normalized spacial score (nSPS) is 27.5. The van der Waals surface area contributed by atoms with Crippen LogP contribution in [-0.4, -0.2) is 51.8 Å². The standard InChI is InChI=1S/C26H30ClF2NO4S.ClH/c27-18-5-3-17(4-6-18)14-26-10-12-33-23(9-13-35(31,32)16-19-2-1-11-30-19)20(26)15-34-25-22(29)8-7-21(28)24(25)26;/h3-8,19-20,23,30H,1-2,9-16H2;1H/t19-,20-,23-,26-;/m0./s1. The van der Waals surface area contributed by atoms with Gasteiger partial charge in [-0.3, -0.25) is 0 Å². The van der Waals surface area contributed by atoms with Crippen LogP contribution in [0.5, 0.6) is 5.75 Å². The zero-order valence-corrected chi connectivity index (χ0v) is 22.2. The van der Waals surface area contributed by atoms with Gasteiger partial charge in [0, 0.05) is 34.6 Å². The molecule has 0 spiro atoms. The number of ether oxygens (including phenoxy) is 2. The van der Waals surface area contributed by atoms with Crippen LogP contribution < -0.4 is 10.1 Å². The fourth-order valence-corrected chi connectivity index (χ4v) is 7.86. The van der Waals surface area contributed by atoms with Gasteiger partial charge in [0.15, 0.2) is 21.4 Å². The van der Waals surface area contributed by atoms with Crippen molar-refractivity contribution in [2.45, 2.75) is 49.7 Å². The zero-order valence-electron chi connectivity index (χ0n) is 19.9. The quantitative estimate of drug-likeness (QED) is 0.522. The Balaban J connectivity index is 0.00000304. The molecule has 10 heteroatoms. The second-order valence-corrected chi connectivity index (χ2v) is 12.6. The molecular weight excluding hydrogens is 531 g/mol. The fourth-order valence-electron chi connectivity index (χ4n) is 6.08. The molecule has 0 saturated carbocycles. The monoisotopic (exact) mass is 561 g/mol. The molecule has 0 amide bonds. The predicted octanol–water partition coefficient (Wildman–Crippen LogP) is 4.87. The van der Waals surface area contributed by atoms with Gasteiger partial charge >= 0.3 is 0 Å². The van der Waals surface area contributed by atoms with Crippen LogP contribution in [0.1, 0.15) is 36.8 Å². The highest BCUT2D eigenvalue weighted by Crippen LogP contribution is 2.52. The summed E-state index contributed by atoms with van der Waals surface area (Å²) in [5.41, 5.74) is 0.388. The van der Waals surface area contributed by atoms with Crippen molar-refractivity contribution in [1.82, 2.24) is 5.32 Å². The molecule has 1 N–H and O–H groups in total. The van der Waals surface area contributed by atoms with E-state index in [2.05, 4.69) is 5.32 Å². The number of nitrogens with one attached hydrogen (secondary N) is 1. The summed E-state index contributed by atoms with van der Waals surface area (Å²) >= 11 is 6.07. The van der Waals surface area contributed by atoms with Gasteiger partial charge in [0.05, 0.1) is 24.2 Å². The van der Waals surface area contributed by atoms with E-state index in [9.17, 15) is 12.8 Å². The Bertz CT molecular complexity index is 1180. The number of hydrogen-bond acceptors (Lipinski definition) is 5. The minimum Gasteiger partial charge on any atom is -0.490 e. The van der Waals surface area contributed by atoms with Gasteiger partial charge in [-0.05, 0) is 68.5 Å². The zero-order chi connectivity index (χ0) is 24.6.